The van der Waals surface area contributed by atoms with Crippen LogP contribution in [0.4, 0.5) is 8.78 Å². The lowest BCUT2D eigenvalue weighted by Gasteiger charge is -2.24. The van der Waals surface area contributed by atoms with Gasteiger partial charge in [0.15, 0.2) is 0 Å². The average molecular weight is 444 g/mol. The molecule has 3 atom stereocenters. The van der Waals surface area contributed by atoms with Gasteiger partial charge in [-0.2, -0.15) is 17.9 Å². The average Bonchev–Trinajstić information content (AvgIpc) is 3.56. The number of hydrogen-bond acceptors (Lipinski definition) is 4. The highest BCUT2D eigenvalue weighted by Crippen LogP contribution is 2.61. The van der Waals surface area contributed by atoms with Crippen LogP contribution in [-0.4, -0.2) is 36.2 Å². The third-order valence-corrected chi connectivity index (χ3v) is 6.17. The Labute approximate surface area is 187 Å². The third kappa shape index (κ3) is 4.46. The maximum Gasteiger partial charge on any atom is 0.243 e. The number of halogens is 2. The first kappa shape index (κ1) is 23.2. The van der Waals surface area contributed by atoms with Crippen molar-refractivity contribution in [2.75, 3.05) is 19.3 Å². The number of nitrogens with zero attached hydrogens (tertiary/aromatic N) is 2. The molecule has 4 nitrogen and oxygen atoms in total. The molecule has 2 fully saturated rings. The van der Waals surface area contributed by atoms with Gasteiger partial charge in [0.05, 0.1) is 11.6 Å². The van der Waals surface area contributed by atoms with Crippen LogP contribution < -0.4 is 5.73 Å². The van der Waals surface area contributed by atoms with Gasteiger partial charge in [0.25, 0.3) is 0 Å². The molecule has 1 aliphatic heterocycles. The SMILES string of the molecule is CS.N#CC1(C(=O)N2CCCC(N)CC2)CC1c1ccccc1-c1c(F)cccc1F. The van der Waals surface area contributed by atoms with E-state index in [0.717, 1.165) is 19.3 Å². The second kappa shape index (κ2) is 9.80. The number of nitriles is 1. The van der Waals surface area contributed by atoms with Crippen LogP contribution in [0.2, 0.25) is 0 Å². The molecule has 1 amide bonds. The van der Waals surface area contributed by atoms with Crippen LogP contribution in [-0.2, 0) is 4.79 Å². The number of hydrogen-bond donors (Lipinski definition) is 2. The third-order valence-electron chi connectivity index (χ3n) is 6.17. The quantitative estimate of drug-likeness (QED) is 0.686. The molecule has 1 saturated heterocycles. The minimum absolute atomic E-state index is 0.0746. The van der Waals surface area contributed by atoms with Crippen molar-refractivity contribution in [2.45, 2.75) is 37.6 Å². The van der Waals surface area contributed by atoms with Gasteiger partial charge in [0.2, 0.25) is 5.91 Å². The van der Waals surface area contributed by atoms with Gasteiger partial charge in [0, 0.05) is 25.0 Å². The molecule has 0 spiro atoms. The Balaban J connectivity index is 0.00000132. The van der Waals surface area contributed by atoms with Crippen LogP contribution in [0, 0.1) is 28.4 Å². The molecule has 0 bridgehead atoms. The summed E-state index contributed by atoms with van der Waals surface area (Å²) in [5.41, 5.74) is 5.76. The zero-order valence-corrected chi connectivity index (χ0v) is 18.4. The van der Waals surface area contributed by atoms with Crippen molar-refractivity contribution in [3.8, 4) is 17.2 Å². The molecule has 1 heterocycles. The number of carbonyl (C=O) groups is 1. The Morgan fingerprint density at radius 1 is 1.13 bits per heavy atom. The van der Waals surface area contributed by atoms with Gasteiger partial charge in [-0.05, 0) is 55.2 Å². The van der Waals surface area contributed by atoms with E-state index < -0.39 is 17.0 Å². The smallest absolute Gasteiger partial charge is 0.243 e. The minimum atomic E-state index is -1.17. The molecule has 2 N–H and O–H groups in total. The van der Waals surface area contributed by atoms with E-state index in [-0.39, 0.29) is 23.4 Å². The van der Waals surface area contributed by atoms with Crippen LogP contribution >= 0.6 is 12.6 Å². The number of carbonyl (C=O) groups excluding carboxylic acids is 1. The predicted octanol–water partition coefficient (Wildman–Crippen LogP) is 4.51. The van der Waals surface area contributed by atoms with Crippen molar-refractivity contribution in [2.24, 2.45) is 11.1 Å². The van der Waals surface area contributed by atoms with E-state index in [0.29, 0.717) is 30.6 Å². The summed E-state index contributed by atoms with van der Waals surface area (Å²) in [6.07, 6.45) is 4.45. The van der Waals surface area contributed by atoms with E-state index in [1.165, 1.54) is 18.2 Å². The topological polar surface area (TPSA) is 70.1 Å². The zero-order chi connectivity index (χ0) is 22.6. The number of nitrogens with two attached hydrogens (primary N) is 1. The fraction of sp³-hybridized carbons (Fsp3) is 0.417. The summed E-state index contributed by atoms with van der Waals surface area (Å²) >= 11 is 3.53. The molecule has 0 radical (unpaired) electrons. The van der Waals surface area contributed by atoms with Crippen LogP contribution in [0.1, 0.15) is 37.2 Å². The van der Waals surface area contributed by atoms with Gasteiger partial charge < -0.3 is 10.6 Å². The first-order chi connectivity index (χ1) is 15.0. The van der Waals surface area contributed by atoms with Gasteiger partial charge in [-0.1, -0.05) is 30.3 Å². The van der Waals surface area contributed by atoms with Gasteiger partial charge in [-0.15, -0.1) is 0 Å². The molecule has 1 aliphatic carbocycles. The monoisotopic (exact) mass is 443 g/mol. The molecule has 0 aromatic heterocycles. The Kier molecular flexibility index (Phi) is 7.34. The van der Waals surface area contributed by atoms with Crippen LogP contribution in [0.25, 0.3) is 11.1 Å². The predicted molar refractivity (Wildman–Crippen MR) is 121 cm³/mol. The van der Waals surface area contributed by atoms with E-state index in [4.69, 9.17) is 5.73 Å². The summed E-state index contributed by atoms with van der Waals surface area (Å²) in [5, 5.41) is 9.91. The summed E-state index contributed by atoms with van der Waals surface area (Å²) < 4.78 is 28.8. The van der Waals surface area contributed by atoms with E-state index in [2.05, 4.69) is 18.7 Å². The molecule has 4 rings (SSSR count). The Bertz CT molecular complexity index is 973. The summed E-state index contributed by atoms with van der Waals surface area (Å²) in [4.78, 5) is 15.0. The Morgan fingerprint density at radius 2 is 1.81 bits per heavy atom. The molecule has 3 unspecified atom stereocenters. The fourth-order valence-electron chi connectivity index (χ4n) is 4.44. The first-order valence-electron chi connectivity index (χ1n) is 10.4. The molecule has 164 valence electrons. The second-order valence-corrected chi connectivity index (χ2v) is 8.01. The number of rotatable bonds is 3. The number of likely N-dealkylation sites (tertiary alicyclic amines) is 1. The second-order valence-electron chi connectivity index (χ2n) is 8.01. The standard InChI is InChI=1S/C23H23F2N3O.CH4S/c24-19-8-3-9-20(25)21(19)17-7-2-1-6-16(17)18-13-23(18,14-26)22(29)28-11-4-5-15(27)10-12-28;1-2/h1-3,6-9,15,18H,4-5,10-13,27H2;2H,1H3. The lowest BCUT2D eigenvalue weighted by molar-refractivity contribution is -0.135. The van der Waals surface area contributed by atoms with Crippen molar-refractivity contribution in [1.29, 1.82) is 5.26 Å². The van der Waals surface area contributed by atoms with Crippen molar-refractivity contribution in [3.63, 3.8) is 0 Å². The normalized spacial score (nSPS) is 25.0. The minimum Gasteiger partial charge on any atom is -0.341 e. The maximum atomic E-state index is 14.4. The summed E-state index contributed by atoms with van der Waals surface area (Å²) in [7, 11) is 0. The van der Waals surface area contributed by atoms with Gasteiger partial charge in [0.1, 0.15) is 17.0 Å². The molecule has 7 heteroatoms. The fourth-order valence-corrected chi connectivity index (χ4v) is 4.44. The van der Waals surface area contributed by atoms with E-state index in [1.807, 2.05) is 0 Å². The number of benzene rings is 2. The Hall–Kier alpha value is -2.43. The summed E-state index contributed by atoms with van der Waals surface area (Å²) in [6.45, 7) is 1.13. The molecule has 31 heavy (non-hydrogen) atoms. The lowest BCUT2D eigenvalue weighted by atomic mass is 9.91. The van der Waals surface area contributed by atoms with Crippen LogP contribution in [0.15, 0.2) is 42.5 Å². The number of amides is 1. The van der Waals surface area contributed by atoms with Crippen molar-refractivity contribution >= 4 is 18.5 Å². The molecule has 2 aromatic rings. The lowest BCUT2D eigenvalue weighted by Crippen LogP contribution is -2.38. The summed E-state index contributed by atoms with van der Waals surface area (Å²) in [6, 6.07) is 12.9. The highest BCUT2D eigenvalue weighted by molar-refractivity contribution is 7.79. The van der Waals surface area contributed by atoms with E-state index in [1.54, 1.807) is 35.4 Å². The molecular formula is C24H27F2N3OS. The van der Waals surface area contributed by atoms with Gasteiger partial charge >= 0.3 is 0 Å². The highest BCUT2D eigenvalue weighted by Gasteiger charge is 2.63. The first-order valence-corrected chi connectivity index (χ1v) is 11.3. The largest absolute Gasteiger partial charge is 0.341 e. The zero-order valence-electron chi connectivity index (χ0n) is 17.5. The molecule has 2 aromatic carbocycles. The molecular weight excluding hydrogens is 416 g/mol. The van der Waals surface area contributed by atoms with Crippen molar-refractivity contribution in [3.05, 3.63) is 59.7 Å². The van der Waals surface area contributed by atoms with Crippen molar-refractivity contribution < 1.29 is 13.6 Å². The summed E-state index contributed by atoms with van der Waals surface area (Å²) in [5.74, 6) is -1.89. The van der Waals surface area contributed by atoms with E-state index in [9.17, 15) is 18.8 Å². The molecule has 2 aliphatic rings. The Morgan fingerprint density at radius 3 is 2.48 bits per heavy atom. The highest BCUT2D eigenvalue weighted by atomic mass is 32.1. The van der Waals surface area contributed by atoms with E-state index >= 15 is 0 Å². The van der Waals surface area contributed by atoms with Crippen LogP contribution in [0.3, 0.4) is 0 Å². The van der Waals surface area contributed by atoms with Gasteiger partial charge in [-0.3, -0.25) is 4.79 Å². The van der Waals surface area contributed by atoms with Crippen LogP contribution in [0.5, 0.6) is 0 Å². The number of thiol groups is 1. The van der Waals surface area contributed by atoms with Gasteiger partial charge in [-0.25, -0.2) is 8.78 Å². The molecule has 1 saturated carbocycles. The van der Waals surface area contributed by atoms with Crippen molar-refractivity contribution in [1.82, 2.24) is 4.90 Å². The maximum absolute atomic E-state index is 14.4.